The summed E-state index contributed by atoms with van der Waals surface area (Å²) in [6.07, 6.45) is 11.3. The maximum absolute atomic E-state index is 11.7. The van der Waals surface area contributed by atoms with E-state index < -0.39 is 46.7 Å². The molecular weight excluding hydrogens is 1170 g/mol. The number of aliphatic carboxylic acids is 4. The number of rotatable bonds is 22. The molecule has 0 amide bonds. The van der Waals surface area contributed by atoms with Gasteiger partial charge in [0.2, 0.25) is 0 Å². The van der Waals surface area contributed by atoms with Crippen LogP contribution < -0.4 is 14.4 Å². The van der Waals surface area contributed by atoms with Gasteiger partial charge in [-0.3, -0.25) is 19.2 Å². The Hall–Kier alpha value is -13.6. The van der Waals surface area contributed by atoms with Crippen molar-refractivity contribution in [1.29, 1.82) is 0 Å². The molecule has 93 heavy (non-hydrogen) atoms. The van der Waals surface area contributed by atoms with Crippen molar-refractivity contribution >= 4 is 100 Å². The Balaban J connectivity index is 1.15. The van der Waals surface area contributed by atoms with Gasteiger partial charge in [0.1, 0.15) is 11.5 Å². The standard InChI is InChI=1S/C78H53N5O10/c1-79-71(75(84)85)46-53-7-21-57(22-8-53)68(58-23-9-54(10-24-58)47-72(80-2)76(86)87)43-50-15-33-63(34-16-50)83(65-37-19-52(20-38-65)45-70(61-29-39-66(92-5)40-30-61)62-31-41-67(93-6)42-32-62)64-35-17-51(18-36-64)44-69(59-25-11-55(12-26-59)48-73(81-3)77(88)89)60-27-13-56(14-28-60)49-74(82-4)78(90)91/h7-49H,5-6H3,(H,84,85)(H,86,87)(H,88,89)(H,90,91). The fourth-order valence-electron chi connectivity index (χ4n) is 9.88. The van der Waals surface area contributed by atoms with E-state index in [4.69, 9.17) is 35.8 Å². The van der Waals surface area contributed by atoms with Gasteiger partial charge in [0, 0.05) is 17.1 Å². The molecule has 15 nitrogen and oxygen atoms in total. The highest BCUT2D eigenvalue weighted by molar-refractivity contribution is 5.99. The molecule has 0 aliphatic rings. The predicted molar refractivity (Wildman–Crippen MR) is 363 cm³/mol. The number of carboxylic acids is 4. The molecule has 0 spiro atoms. The monoisotopic (exact) mass is 1220 g/mol. The van der Waals surface area contributed by atoms with E-state index >= 15 is 0 Å². The SMILES string of the molecule is [C-]#[N+]C(=Cc1ccc(C(=Cc2ccc(N(c3ccc(C=C(c4ccc(C=C([N+]#[C-])C(=O)O)cc4)c4ccc(C=C([N+]#[C-])C(=O)O)cc4)cc3)c3ccc(C=C(c4ccc(OC)cc4)c4ccc(OC)cc4)cc3)cc2)c2ccc(C=C([N+]#[C-])C(=O)O)cc2)cc1)C(=O)O. The molecule has 9 aromatic rings. The van der Waals surface area contributed by atoms with Crippen LogP contribution in [0, 0.1) is 26.3 Å². The van der Waals surface area contributed by atoms with Crippen LogP contribution in [0.3, 0.4) is 0 Å². The first kappa shape index (κ1) is 63.9. The average Bonchev–Trinajstić information content (AvgIpc) is 0.867. The number of methoxy groups -OCH3 is 2. The minimum atomic E-state index is -1.34. The lowest BCUT2D eigenvalue weighted by Gasteiger charge is -2.26. The molecule has 0 saturated carbocycles. The normalized spacial score (nSPS) is 11.2. The molecule has 0 bridgehead atoms. The van der Waals surface area contributed by atoms with E-state index in [1.54, 1.807) is 62.8 Å². The van der Waals surface area contributed by atoms with E-state index in [0.717, 1.165) is 95.4 Å². The van der Waals surface area contributed by atoms with Gasteiger partial charge in [0.15, 0.2) is 0 Å². The van der Waals surface area contributed by atoms with E-state index in [9.17, 15) is 39.6 Å². The number of carbonyl (C=O) groups is 4. The number of hydrogen-bond donors (Lipinski definition) is 4. The highest BCUT2D eigenvalue weighted by atomic mass is 16.5. The van der Waals surface area contributed by atoms with E-state index in [-0.39, 0.29) is 0 Å². The molecule has 0 aliphatic carbocycles. The fraction of sp³-hybridized carbons (Fsp3) is 0.0256. The van der Waals surface area contributed by atoms with Crippen LogP contribution in [0.4, 0.5) is 17.1 Å². The number of nitrogens with zero attached hydrogens (tertiary/aromatic N) is 5. The van der Waals surface area contributed by atoms with Crippen molar-refractivity contribution in [1.82, 2.24) is 0 Å². The molecule has 0 heterocycles. The van der Waals surface area contributed by atoms with Crippen molar-refractivity contribution in [3.63, 3.8) is 0 Å². The van der Waals surface area contributed by atoms with Gasteiger partial charge in [-0.2, -0.15) is 0 Å². The Bertz CT molecular complexity index is 4250. The van der Waals surface area contributed by atoms with Crippen molar-refractivity contribution in [2.24, 2.45) is 0 Å². The Morgan fingerprint density at radius 2 is 0.462 bits per heavy atom. The molecule has 0 aliphatic heterocycles. The summed E-state index contributed by atoms with van der Waals surface area (Å²) in [4.78, 5) is 61.4. The van der Waals surface area contributed by atoms with Crippen LogP contribution in [0.25, 0.3) is 78.6 Å². The lowest BCUT2D eigenvalue weighted by atomic mass is 9.93. The lowest BCUT2D eigenvalue weighted by molar-refractivity contribution is -0.133. The van der Waals surface area contributed by atoms with Gasteiger partial charge in [-0.25, -0.2) is 19.4 Å². The first-order valence-electron chi connectivity index (χ1n) is 28.3. The highest BCUT2D eigenvalue weighted by Crippen LogP contribution is 2.38. The highest BCUT2D eigenvalue weighted by Gasteiger charge is 2.17. The molecule has 9 rings (SSSR count). The van der Waals surface area contributed by atoms with Crippen LogP contribution >= 0.6 is 0 Å². The molecule has 4 N–H and O–H groups in total. The third kappa shape index (κ3) is 16.1. The van der Waals surface area contributed by atoms with E-state index in [1.807, 2.05) is 170 Å². The zero-order valence-electron chi connectivity index (χ0n) is 49.8. The second-order valence-electron chi connectivity index (χ2n) is 20.5. The summed E-state index contributed by atoms with van der Waals surface area (Å²) in [5.74, 6) is -3.91. The smallest absolute Gasteiger partial charge is 0.333 e. The molecule has 450 valence electrons. The first-order chi connectivity index (χ1) is 45.1. The van der Waals surface area contributed by atoms with Gasteiger partial charge in [-0.1, -0.05) is 158 Å². The summed E-state index contributed by atoms with van der Waals surface area (Å²) >= 11 is 0. The minimum absolute atomic E-state index is 0.437. The zero-order valence-corrected chi connectivity index (χ0v) is 49.8. The first-order valence-corrected chi connectivity index (χ1v) is 28.3. The third-order valence-electron chi connectivity index (χ3n) is 14.6. The van der Waals surface area contributed by atoms with Crippen LogP contribution in [0.2, 0.25) is 0 Å². The largest absolute Gasteiger partial charge is 0.497 e. The summed E-state index contributed by atoms with van der Waals surface area (Å²) in [5, 5.41) is 38.1. The van der Waals surface area contributed by atoms with Crippen molar-refractivity contribution in [3.05, 3.63) is 359 Å². The number of ether oxygens (including phenoxy) is 2. The molecule has 0 atom stereocenters. The van der Waals surface area contributed by atoms with Gasteiger partial charge in [0.25, 0.3) is 22.8 Å². The van der Waals surface area contributed by atoms with Gasteiger partial charge in [-0.15, -0.1) is 0 Å². The van der Waals surface area contributed by atoms with E-state index in [1.165, 1.54) is 24.3 Å². The second kappa shape index (κ2) is 29.9. The van der Waals surface area contributed by atoms with E-state index in [2.05, 4.69) is 42.5 Å². The number of benzene rings is 9. The summed E-state index contributed by atoms with van der Waals surface area (Å²) in [5.41, 5.74) is 12.7. The molecule has 0 unspecified atom stereocenters. The second-order valence-corrected chi connectivity index (χ2v) is 20.5. The van der Waals surface area contributed by atoms with E-state index in [0.29, 0.717) is 22.3 Å². The third-order valence-corrected chi connectivity index (χ3v) is 14.6. The molecule has 9 aromatic carbocycles. The minimum Gasteiger partial charge on any atom is -0.497 e. The van der Waals surface area contributed by atoms with Gasteiger partial charge in [0.05, 0.1) is 40.5 Å². The number of anilines is 3. The predicted octanol–water partition coefficient (Wildman–Crippen LogP) is 17.3. The summed E-state index contributed by atoms with van der Waals surface area (Å²) < 4.78 is 11.0. The topological polar surface area (TPSA) is 188 Å². The van der Waals surface area contributed by atoms with Crippen molar-refractivity contribution in [2.75, 3.05) is 19.1 Å². The molecular formula is C78H53N5O10. The fourth-order valence-corrected chi connectivity index (χ4v) is 9.88. The van der Waals surface area contributed by atoms with Crippen molar-refractivity contribution in [3.8, 4) is 11.5 Å². The maximum Gasteiger partial charge on any atom is 0.333 e. The average molecular weight is 1220 g/mol. The molecule has 0 radical (unpaired) electrons. The van der Waals surface area contributed by atoms with Crippen LogP contribution in [0.15, 0.2) is 241 Å². The maximum atomic E-state index is 11.7. The number of carboxylic acid groups (broad SMARTS) is 4. The van der Waals surface area contributed by atoms with Crippen LogP contribution in [-0.2, 0) is 19.2 Å². The molecule has 0 aromatic heterocycles. The Kier molecular flexibility index (Phi) is 20.5. The van der Waals surface area contributed by atoms with Crippen molar-refractivity contribution < 1.29 is 49.1 Å². The summed E-state index contributed by atoms with van der Waals surface area (Å²) in [7, 11) is 3.26. The van der Waals surface area contributed by atoms with Gasteiger partial charge in [-0.05, 0) is 192 Å². The summed E-state index contributed by atoms with van der Waals surface area (Å²) in [6.45, 7) is 29.4. The Labute approximate surface area is 536 Å². The van der Waals surface area contributed by atoms with Crippen molar-refractivity contribution in [2.45, 2.75) is 0 Å². The Morgan fingerprint density at radius 1 is 0.290 bits per heavy atom. The summed E-state index contributed by atoms with van der Waals surface area (Å²) in [6, 6.07) is 68.2. The lowest BCUT2D eigenvalue weighted by Crippen LogP contribution is -2.09. The van der Waals surface area contributed by atoms with Crippen LogP contribution in [0.1, 0.15) is 72.3 Å². The Morgan fingerprint density at radius 3 is 0.634 bits per heavy atom. The van der Waals surface area contributed by atoms with Crippen LogP contribution in [0.5, 0.6) is 11.5 Å². The molecule has 0 saturated heterocycles. The number of hydrogen-bond acceptors (Lipinski definition) is 7. The van der Waals surface area contributed by atoms with Crippen LogP contribution in [-0.4, -0.2) is 58.5 Å². The quantitative estimate of drug-likeness (QED) is 0.0287. The zero-order chi connectivity index (χ0) is 66.0. The van der Waals surface area contributed by atoms with Gasteiger partial charge < -0.3 is 34.8 Å². The molecule has 0 fully saturated rings. The van der Waals surface area contributed by atoms with Gasteiger partial charge >= 0.3 is 23.9 Å². The molecule has 15 heteroatoms.